The fraction of sp³-hybridized carbons (Fsp3) is 0.0714. The summed E-state index contributed by atoms with van der Waals surface area (Å²) >= 11 is 0. The van der Waals surface area contributed by atoms with Gasteiger partial charge in [-0.2, -0.15) is 0 Å². The molecular formula is C56H41N. The van der Waals surface area contributed by atoms with Crippen molar-refractivity contribution in [2.75, 3.05) is 4.90 Å². The average Bonchev–Trinajstić information content (AvgIpc) is 3.71. The predicted octanol–water partition coefficient (Wildman–Crippen LogP) is 14.6. The largest absolute Gasteiger partial charge is 0.310 e. The molecule has 0 saturated carbocycles. The molecule has 0 saturated heterocycles. The van der Waals surface area contributed by atoms with Crippen LogP contribution in [0.2, 0.25) is 0 Å². The van der Waals surface area contributed by atoms with Gasteiger partial charge in [-0.3, -0.25) is 0 Å². The summed E-state index contributed by atoms with van der Waals surface area (Å²) in [4.78, 5) is 2.52. The summed E-state index contributed by atoms with van der Waals surface area (Å²) in [6.45, 7) is 4.74. The molecule has 0 fully saturated rings. The van der Waals surface area contributed by atoms with Crippen LogP contribution in [0, 0.1) is 0 Å². The maximum absolute atomic E-state index is 2.52. The lowest BCUT2D eigenvalue weighted by Gasteiger charge is -2.35. The van der Waals surface area contributed by atoms with Gasteiger partial charge in [-0.15, -0.1) is 0 Å². The zero-order valence-electron chi connectivity index (χ0n) is 32.2. The quantitative estimate of drug-likeness (QED) is 0.165. The van der Waals surface area contributed by atoms with Crippen LogP contribution in [-0.4, -0.2) is 0 Å². The number of fused-ring (bicyclic) bond motifs is 8. The standard InChI is InChI=1S/C56H41N/c1-55(2)49-30-18-17-29-46(49)47-33-32-44(37-51(47)55)57(43-26-13-6-14-27-43)52-36-40-21-15-16-28-45(40)54-53(52)48-35-39(38-19-7-3-8-20-38)31-34-50(48)56(54,41-22-9-4-10-23-41)42-24-11-5-12-25-42/h3-37H,1-2H3. The van der Waals surface area contributed by atoms with E-state index in [9.17, 15) is 0 Å². The Labute approximate surface area is 335 Å². The van der Waals surface area contributed by atoms with Gasteiger partial charge in [0.25, 0.3) is 0 Å². The summed E-state index contributed by atoms with van der Waals surface area (Å²) < 4.78 is 0. The van der Waals surface area contributed by atoms with Crippen LogP contribution in [0.25, 0.3) is 44.2 Å². The minimum absolute atomic E-state index is 0.136. The van der Waals surface area contributed by atoms with Gasteiger partial charge in [-0.05, 0) is 108 Å². The molecule has 1 heteroatoms. The summed E-state index contributed by atoms with van der Waals surface area (Å²) in [5.74, 6) is 0. The smallest absolute Gasteiger partial charge is 0.0720 e. The number of rotatable bonds is 6. The second-order valence-corrected chi connectivity index (χ2v) is 16.0. The average molecular weight is 728 g/mol. The number of hydrogen-bond acceptors (Lipinski definition) is 1. The minimum atomic E-state index is -0.581. The van der Waals surface area contributed by atoms with Crippen LogP contribution in [0.4, 0.5) is 17.1 Å². The summed E-state index contributed by atoms with van der Waals surface area (Å²) in [6, 6.07) is 78.9. The lowest BCUT2D eigenvalue weighted by molar-refractivity contribution is 0.660. The van der Waals surface area contributed by atoms with E-state index in [2.05, 4.69) is 231 Å². The van der Waals surface area contributed by atoms with Gasteiger partial charge in [0, 0.05) is 22.4 Å². The number of hydrogen-bond donors (Lipinski definition) is 0. The van der Waals surface area contributed by atoms with Crippen molar-refractivity contribution in [2.45, 2.75) is 24.7 Å². The van der Waals surface area contributed by atoms with E-state index in [1.807, 2.05) is 0 Å². The van der Waals surface area contributed by atoms with E-state index >= 15 is 0 Å². The molecule has 0 aromatic heterocycles. The number of anilines is 3. The normalized spacial score (nSPS) is 14.1. The van der Waals surface area contributed by atoms with Crippen molar-refractivity contribution in [3.63, 3.8) is 0 Å². The van der Waals surface area contributed by atoms with E-state index in [0.717, 1.165) is 11.4 Å². The fourth-order valence-electron chi connectivity index (χ4n) is 10.2. The highest BCUT2D eigenvalue weighted by atomic mass is 15.1. The third-order valence-electron chi connectivity index (χ3n) is 12.7. The first-order chi connectivity index (χ1) is 28.0. The van der Waals surface area contributed by atoms with Crippen molar-refractivity contribution in [3.8, 4) is 33.4 Å². The molecule has 2 aliphatic rings. The SMILES string of the molecule is CC1(C)c2ccccc2-c2ccc(N(c3ccccc3)c3cc4ccccc4c4c3-c3cc(-c5ccccc5)ccc3C4(c3ccccc3)c3ccccc3)cc21. The molecular weight excluding hydrogens is 687 g/mol. The van der Waals surface area contributed by atoms with Gasteiger partial charge >= 0.3 is 0 Å². The van der Waals surface area contributed by atoms with E-state index in [1.54, 1.807) is 0 Å². The molecule has 0 N–H and O–H groups in total. The van der Waals surface area contributed by atoms with Crippen LogP contribution in [0.15, 0.2) is 212 Å². The number of nitrogens with zero attached hydrogens (tertiary/aromatic N) is 1. The van der Waals surface area contributed by atoms with Gasteiger partial charge < -0.3 is 4.90 Å². The van der Waals surface area contributed by atoms with Crippen LogP contribution >= 0.6 is 0 Å². The third kappa shape index (κ3) is 4.89. The summed E-state index contributed by atoms with van der Waals surface area (Å²) in [5, 5.41) is 2.48. The lowest BCUT2D eigenvalue weighted by Crippen LogP contribution is -2.29. The van der Waals surface area contributed by atoms with Gasteiger partial charge in [-0.1, -0.05) is 190 Å². The molecule has 9 aromatic carbocycles. The van der Waals surface area contributed by atoms with Crippen molar-refractivity contribution in [3.05, 3.63) is 246 Å². The van der Waals surface area contributed by atoms with E-state index in [1.165, 1.54) is 83.2 Å². The van der Waals surface area contributed by atoms with Gasteiger partial charge in [0.1, 0.15) is 0 Å². The van der Waals surface area contributed by atoms with Gasteiger partial charge in [0.15, 0.2) is 0 Å². The molecule has 57 heavy (non-hydrogen) atoms. The summed E-state index contributed by atoms with van der Waals surface area (Å²) in [5.41, 5.74) is 18.2. The van der Waals surface area contributed by atoms with E-state index < -0.39 is 5.41 Å². The molecule has 11 rings (SSSR count). The Bertz CT molecular complexity index is 2920. The molecule has 0 amide bonds. The molecule has 9 aromatic rings. The van der Waals surface area contributed by atoms with Crippen molar-refractivity contribution >= 4 is 27.8 Å². The predicted molar refractivity (Wildman–Crippen MR) is 239 cm³/mol. The van der Waals surface area contributed by atoms with Crippen LogP contribution in [-0.2, 0) is 10.8 Å². The Morgan fingerprint density at radius 2 is 0.982 bits per heavy atom. The first kappa shape index (κ1) is 33.4. The van der Waals surface area contributed by atoms with Gasteiger partial charge in [0.05, 0.1) is 11.1 Å². The highest BCUT2D eigenvalue weighted by Gasteiger charge is 2.49. The maximum Gasteiger partial charge on any atom is 0.0720 e. The number of benzene rings is 9. The van der Waals surface area contributed by atoms with Crippen LogP contribution in [0.5, 0.6) is 0 Å². The number of para-hydroxylation sites is 1. The van der Waals surface area contributed by atoms with Crippen molar-refractivity contribution in [2.24, 2.45) is 0 Å². The van der Waals surface area contributed by atoms with Crippen molar-refractivity contribution < 1.29 is 0 Å². The molecule has 0 bridgehead atoms. The first-order valence-corrected chi connectivity index (χ1v) is 20.0. The van der Waals surface area contributed by atoms with Crippen molar-refractivity contribution in [1.29, 1.82) is 0 Å². The second-order valence-electron chi connectivity index (χ2n) is 16.0. The molecule has 0 unspecified atom stereocenters. The Hall–Kier alpha value is -6.96. The van der Waals surface area contributed by atoms with Crippen LogP contribution < -0.4 is 4.90 Å². The van der Waals surface area contributed by atoms with E-state index in [-0.39, 0.29) is 5.41 Å². The Kier molecular flexibility index (Phi) is 7.50. The minimum Gasteiger partial charge on any atom is -0.310 e. The van der Waals surface area contributed by atoms with Gasteiger partial charge in [-0.25, -0.2) is 0 Å². The zero-order chi connectivity index (χ0) is 38.1. The summed E-state index contributed by atoms with van der Waals surface area (Å²) in [6.07, 6.45) is 0. The van der Waals surface area contributed by atoms with E-state index in [4.69, 9.17) is 0 Å². The highest BCUT2D eigenvalue weighted by Crippen LogP contribution is 2.62. The monoisotopic (exact) mass is 727 g/mol. The molecule has 0 atom stereocenters. The summed E-state index contributed by atoms with van der Waals surface area (Å²) in [7, 11) is 0. The molecule has 0 spiro atoms. The molecule has 1 nitrogen and oxygen atoms in total. The lowest BCUT2D eigenvalue weighted by atomic mass is 9.66. The Morgan fingerprint density at radius 1 is 0.386 bits per heavy atom. The van der Waals surface area contributed by atoms with Crippen LogP contribution in [0.3, 0.4) is 0 Å². The molecule has 0 radical (unpaired) electrons. The fourth-order valence-corrected chi connectivity index (χ4v) is 10.2. The maximum atomic E-state index is 2.52. The third-order valence-corrected chi connectivity index (χ3v) is 12.7. The topological polar surface area (TPSA) is 3.24 Å². The molecule has 0 aliphatic heterocycles. The van der Waals surface area contributed by atoms with Gasteiger partial charge in [0.2, 0.25) is 0 Å². The second kappa shape index (κ2) is 12.8. The Balaban J connectivity index is 1.29. The first-order valence-electron chi connectivity index (χ1n) is 20.0. The molecule has 2 aliphatic carbocycles. The van der Waals surface area contributed by atoms with Crippen molar-refractivity contribution in [1.82, 2.24) is 0 Å². The Morgan fingerprint density at radius 3 is 1.70 bits per heavy atom. The molecule has 270 valence electrons. The zero-order valence-corrected chi connectivity index (χ0v) is 32.2. The molecule has 0 heterocycles. The van der Waals surface area contributed by atoms with Crippen LogP contribution in [0.1, 0.15) is 47.2 Å². The highest BCUT2D eigenvalue weighted by molar-refractivity contribution is 6.08. The van der Waals surface area contributed by atoms with E-state index in [0.29, 0.717) is 0 Å².